The second kappa shape index (κ2) is 8.10. The number of rotatable bonds is 8. The number of carbonyl (C=O) groups is 2. The third kappa shape index (κ3) is 8.23. The highest BCUT2D eigenvalue weighted by Crippen LogP contribution is 1.96. The van der Waals surface area contributed by atoms with Crippen molar-refractivity contribution >= 4 is 11.9 Å². The van der Waals surface area contributed by atoms with E-state index in [1.165, 1.54) is 0 Å². The molecule has 0 fully saturated rings. The average molecular weight is 231 g/mol. The fourth-order valence-corrected chi connectivity index (χ4v) is 0.994. The zero-order valence-electron chi connectivity index (χ0n) is 10.2. The van der Waals surface area contributed by atoms with Crippen molar-refractivity contribution in [1.29, 1.82) is 0 Å². The molecule has 5 heteroatoms. The van der Waals surface area contributed by atoms with Crippen LogP contribution in [0.3, 0.4) is 0 Å². The minimum absolute atomic E-state index is 0.125. The fourth-order valence-electron chi connectivity index (χ4n) is 0.994. The lowest BCUT2D eigenvalue weighted by Crippen LogP contribution is -2.31. The summed E-state index contributed by atoms with van der Waals surface area (Å²) in [4.78, 5) is 21.7. The maximum atomic E-state index is 11.3. The molecule has 5 nitrogen and oxygen atoms in total. The molecule has 16 heavy (non-hydrogen) atoms. The van der Waals surface area contributed by atoms with Gasteiger partial charge in [-0.15, -0.1) is 0 Å². The second-order valence-electron chi connectivity index (χ2n) is 4.07. The number of hydrogen-bond donors (Lipinski definition) is 2. The molecule has 0 saturated heterocycles. The van der Waals surface area contributed by atoms with Gasteiger partial charge in [-0.3, -0.25) is 9.59 Å². The van der Waals surface area contributed by atoms with Crippen molar-refractivity contribution < 1.29 is 19.4 Å². The summed E-state index contributed by atoms with van der Waals surface area (Å²) in [6.07, 6.45) is 1.21. The predicted octanol–water partition coefficient (Wildman–Crippen LogP) is 1.03. The first kappa shape index (κ1) is 14.9. The third-order valence-corrected chi connectivity index (χ3v) is 2.03. The van der Waals surface area contributed by atoms with E-state index < -0.39 is 11.9 Å². The summed E-state index contributed by atoms with van der Waals surface area (Å²) in [5.41, 5.74) is 0. The Kier molecular flexibility index (Phi) is 7.54. The zero-order chi connectivity index (χ0) is 12.6. The van der Waals surface area contributed by atoms with Crippen molar-refractivity contribution in [2.45, 2.75) is 39.7 Å². The monoisotopic (exact) mass is 231 g/mol. The van der Waals surface area contributed by atoms with Gasteiger partial charge in [0.25, 0.3) is 0 Å². The van der Waals surface area contributed by atoms with Gasteiger partial charge in [0.05, 0.1) is 12.0 Å². The molecule has 0 saturated carbocycles. The summed E-state index contributed by atoms with van der Waals surface area (Å²) >= 11 is 0. The van der Waals surface area contributed by atoms with Crippen molar-refractivity contribution in [3.63, 3.8) is 0 Å². The number of ether oxygens (including phenoxy) is 1. The van der Waals surface area contributed by atoms with Crippen LogP contribution in [0.4, 0.5) is 0 Å². The summed E-state index contributed by atoms with van der Waals surface area (Å²) in [7, 11) is 0. The third-order valence-electron chi connectivity index (χ3n) is 2.03. The molecule has 0 radical (unpaired) electrons. The van der Waals surface area contributed by atoms with Crippen LogP contribution in [0.25, 0.3) is 0 Å². The van der Waals surface area contributed by atoms with Crippen molar-refractivity contribution in [3.05, 3.63) is 0 Å². The molecular weight excluding hydrogens is 210 g/mol. The Morgan fingerprint density at radius 1 is 1.31 bits per heavy atom. The van der Waals surface area contributed by atoms with Crippen molar-refractivity contribution in [3.8, 4) is 0 Å². The maximum absolute atomic E-state index is 11.3. The van der Waals surface area contributed by atoms with Crippen LogP contribution in [-0.2, 0) is 14.3 Å². The summed E-state index contributed by atoms with van der Waals surface area (Å²) in [6.45, 7) is 6.17. The minimum Gasteiger partial charge on any atom is -0.481 e. The molecule has 0 aromatic rings. The van der Waals surface area contributed by atoms with Crippen molar-refractivity contribution in [1.82, 2.24) is 5.32 Å². The quantitative estimate of drug-likeness (QED) is 0.612. The largest absolute Gasteiger partial charge is 0.481 e. The van der Waals surface area contributed by atoms with Crippen LogP contribution in [0.5, 0.6) is 0 Å². The van der Waals surface area contributed by atoms with E-state index in [2.05, 4.69) is 5.32 Å². The molecule has 94 valence electrons. The number of nitrogens with one attached hydrogen (secondary N) is 1. The Morgan fingerprint density at radius 3 is 2.44 bits per heavy atom. The smallest absolute Gasteiger partial charge is 0.308 e. The van der Waals surface area contributed by atoms with Crippen LogP contribution < -0.4 is 5.32 Å². The van der Waals surface area contributed by atoms with E-state index in [0.717, 1.165) is 0 Å². The minimum atomic E-state index is -0.900. The SMILES string of the molecule is CC(C)OCCCC(=O)NCC(C)C(=O)O. The zero-order valence-corrected chi connectivity index (χ0v) is 10.2. The molecule has 0 aromatic heterocycles. The van der Waals surface area contributed by atoms with E-state index in [0.29, 0.717) is 19.4 Å². The summed E-state index contributed by atoms with van der Waals surface area (Å²) < 4.78 is 5.28. The summed E-state index contributed by atoms with van der Waals surface area (Å²) in [5.74, 6) is -1.57. The van der Waals surface area contributed by atoms with Gasteiger partial charge < -0.3 is 15.2 Å². The molecule has 0 aliphatic carbocycles. The maximum Gasteiger partial charge on any atom is 0.308 e. The molecule has 0 aliphatic rings. The van der Waals surface area contributed by atoms with E-state index in [-0.39, 0.29) is 18.6 Å². The number of carbonyl (C=O) groups excluding carboxylic acids is 1. The van der Waals surface area contributed by atoms with Crippen LogP contribution in [0.1, 0.15) is 33.6 Å². The highest BCUT2D eigenvalue weighted by atomic mass is 16.5. The number of carboxylic acids is 1. The van der Waals surface area contributed by atoms with Gasteiger partial charge in [-0.25, -0.2) is 0 Å². The van der Waals surface area contributed by atoms with E-state index in [1.807, 2.05) is 13.8 Å². The number of carboxylic acid groups (broad SMARTS) is 1. The first-order chi connectivity index (χ1) is 7.43. The second-order valence-corrected chi connectivity index (χ2v) is 4.07. The van der Waals surface area contributed by atoms with Crippen molar-refractivity contribution in [2.24, 2.45) is 5.92 Å². The molecular formula is C11H21NO4. The number of hydrogen-bond acceptors (Lipinski definition) is 3. The molecule has 0 aromatic carbocycles. The topological polar surface area (TPSA) is 75.6 Å². The van der Waals surface area contributed by atoms with Crippen LogP contribution in [0.2, 0.25) is 0 Å². The van der Waals surface area contributed by atoms with Gasteiger partial charge in [-0.05, 0) is 20.3 Å². The van der Waals surface area contributed by atoms with Crippen molar-refractivity contribution in [2.75, 3.05) is 13.2 Å². The van der Waals surface area contributed by atoms with Gasteiger partial charge in [0.15, 0.2) is 0 Å². The van der Waals surface area contributed by atoms with Crippen LogP contribution in [0, 0.1) is 5.92 Å². The van der Waals surface area contributed by atoms with Gasteiger partial charge in [0.2, 0.25) is 5.91 Å². The Labute approximate surface area is 96.2 Å². The Hall–Kier alpha value is -1.10. The lowest BCUT2D eigenvalue weighted by molar-refractivity contribution is -0.141. The highest BCUT2D eigenvalue weighted by molar-refractivity contribution is 5.77. The predicted molar refractivity (Wildman–Crippen MR) is 60.1 cm³/mol. The van der Waals surface area contributed by atoms with E-state index in [4.69, 9.17) is 9.84 Å². The van der Waals surface area contributed by atoms with Gasteiger partial charge in [0.1, 0.15) is 0 Å². The van der Waals surface area contributed by atoms with Crippen LogP contribution in [-0.4, -0.2) is 36.2 Å². The van der Waals surface area contributed by atoms with E-state index >= 15 is 0 Å². The van der Waals surface area contributed by atoms with Gasteiger partial charge in [-0.1, -0.05) is 6.92 Å². The molecule has 1 amide bonds. The molecule has 0 rings (SSSR count). The Morgan fingerprint density at radius 2 is 1.94 bits per heavy atom. The Balaban J connectivity index is 3.48. The highest BCUT2D eigenvalue weighted by Gasteiger charge is 2.11. The van der Waals surface area contributed by atoms with Gasteiger partial charge in [-0.2, -0.15) is 0 Å². The first-order valence-corrected chi connectivity index (χ1v) is 5.54. The first-order valence-electron chi connectivity index (χ1n) is 5.54. The molecule has 0 aliphatic heterocycles. The Bertz CT molecular complexity index is 228. The molecule has 2 N–H and O–H groups in total. The average Bonchev–Trinajstić information content (AvgIpc) is 2.20. The summed E-state index contributed by atoms with van der Waals surface area (Å²) in [5, 5.41) is 11.2. The van der Waals surface area contributed by atoms with Gasteiger partial charge >= 0.3 is 5.97 Å². The number of aliphatic carboxylic acids is 1. The van der Waals surface area contributed by atoms with Crippen LogP contribution >= 0.6 is 0 Å². The standard InChI is InChI=1S/C11H21NO4/c1-8(2)16-6-4-5-10(13)12-7-9(3)11(14)15/h8-9H,4-7H2,1-3H3,(H,12,13)(H,14,15). The normalized spacial score (nSPS) is 12.5. The molecule has 1 atom stereocenters. The molecule has 1 unspecified atom stereocenters. The molecule has 0 bridgehead atoms. The van der Waals surface area contributed by atoms with Crippen LogP contribution in [0.15, 0.2) is 0 Å². The van der Waals surface area contributed by atoms with Gasteiger partial charge in [0, 0.05) is 19.6 Å². The fraction of sp³-hybridized carbons (Fsp3) is 0.818. The number of amides is 1. The van der Waals surface area contributed by atoms with E-state index in [1.54, 1.807) is 6.92 Å². The lowest BCUT2D eigenvalue weighted by atomic mass is 10.2. The molecule has 0 spiro atoms. The van der Waals surface area contributed by atoms with E-state index in [9.17, 15) is 9.59 Å². The lowest BCUT2D eigenvalue weighted by Gasteiger charge is -2.09. The molecule has 0 heterocycles. The summed E-state index contributed by atoms with van der Waals surface area (Å²) in [6, 6.07) is 0.